The first-order valence-corrected chi connectivity index (χ1v) is 11.7. The van der Waals surface area contributed by atoms with Crippen LogP contribution in [0.3, 0.4) is 0 Å². The van der Waals surface area contributed by atoms with Crippen molar-refractivity contribution in [3.05, 3.63) is 77.4 Å². The molecule has 4 heterocycles. The van der Waals surface area contributed by atoms with E-state index in [1.54, 1.807) is 18.2 Å². The van der Waals surface area contributed by atoms with Gasteiger partial charge in [-0.1, -0.05) is 12.1 Å². The number of halogens is 1. The van der Waals surface area contributed by atoms with Gasteiger partial charge in [-0.25, -0.2) is 19.0 Å². The van der Waals surface area contributed by atoms with Crippen LogP contribution in [0.2, 0.25) is 0 Å². The van der Waals surface area contributed by atoms with Crippen LogP contribution in [0.5, 0.6) is 0 Å². The summed E-state index contributed by atoms with van der Waals surface area (Å²) in [4.78, 5) is 26.2. The second-order valence-electron chi connectivity index (χ2n) is 7.94. The van der Waals surface area contributed by atoms with Crippen LogP contribution in [0.15, 0.2) is 60.0 Å². The number of carbonyl (C=O) groups excluding carboxylic acids is 1. The summed E-state index contributed by atoms with van der Waals surface area (Å²) in [5.74, 6) is 0.387. The van der Waals surface area contributed by atoms with Gasteiger partial charge in [-0.15, -0.1) is 16.4 Å². The van der Waals surface area contributed by atoms with Gasteiger partial charge in [-0.2, -0.15) is 0 Å². The van der Waals surface area contributed by atoms with Crippen molar-refractivity contribution < 1.29 is 13.9 Å². The zero-order valence-electron chi connectivity index (χ0n) is 17.9. The Labute approximate surface area is 197 Å². The summed E-state index contributed by atoms with van der Waals surface area (Å²) in [5, 5.41) is 9.15. The average Bonchev–Trinajstić information content (AvgIpc) is 3.64. The van der Waals surface area contributed by atoms with E-state index in [0.717, 1.165) is 41.2 Å². The average molecular weight is 475 g/mol. The van der Waals surface area contributed by atoms with E-state index in [1.165, 1.54) is 28.2 Å². The highest BCUT2D eigenvalue weighted by molar-refractivity contribution is 7.13. The van der Waals surface area contributed by atoms with Crippen molar-refractivity contribution in [3.63, 3.8) is 0 Å². The van der Waals surface area contributed by atoms with Crippen molar-refractivity contribution in [1.29, 1.82) is 0 Å². The third-order valence-electron chi connectivity index (χ3n) is 5.60. The molecule has 2 aromatic carbocycles. The highest BCUT2D eigenvalue weighted by Crippen LogP contribution is 2.29. The number of rotatable bonds is 5. The Kier molecular flexibility index (Phi) is 5.16. The molecule has 1 aliphatic rings. The molecule has 34 heavy (non-hydrogen) atoms. The minimum absolute atomic E-state index is 0.0163. The highest BCUT2D eigenvalue weighted by atomic mass is 32.1. The van der Waals surface area contributed by atoms with Gasteiger partial charge in [0.15, 0.2) is 5.82 Å². The van der Waals surface area contributed by atoms with Gasteiger partial charge in [-0.05, 0) is 60.7 Å². The summed E-state index contributed by atoms with van der Waals surface area (Å²) >= 11 is 1.46. The Morgan fingerprint density at radius 2 is 2.12 bits per heavy atom. The number of imidazole rings is 1. The summed E-state index contributed by atoms with van der Waals surface area (Å²) in [6.07, 6.45) is 1.94. The summed E-state index contributed by atoms with van der Waals surface area (Å²) in [5.41, 5.74) is 2.67. The lowest BCUT2D eigenvalue weighted by Gasteiger charge is -2.04. The second-order valence-corrected chi connectivity index (χ2v) is 8.89. The number of anilines is 1. The Balaban J connectivity index is 1.30. The van der Waals surface area contributed by atoms with E-state index in [1.807, 2.05) is 29.6 Å². The molecule has 0 aliphatic carbocycles. The number of amides is 1. The van der Waals surface area contributed by atoms with E-state index < -0.39 is 11.7 Å². The lowest BCUT2D eigenvalue weighted by Crippen LogP contribution is -2.14. The Morgan fingerprint density at radius 3 is 2.91 bits per heavy atom. The van der Waals surface area contributed by atoms with Gasteiger partial charge in [0, 0.05) is 12.3 Å². The molecule has 1 atom stereocenters. The quantitative estimate of drug-likeness (QED) is 0.369. The Morgan fingerprint density at radius 1 is 1.18 bits per heavy atom. The van der Waals surface area contributed by atoms with Crippen molar-refractivity contribution in [2.24, 2.45) is 0 Å². The molecule has 0 spiro atoms. The van der Waals surface area contributed by atoms with Gasteiger partial charge in [-0.3, -0.25) is 4.79 Å². The van der Waals surface area contributed by atoms with Crippen LogP contribution in [0.1, 0.15) is 35.4 Å². The molecular weight excluding hydrogens is 455 g/mol. The molecule has 1 aliphatic heterocycles. The molecule has 1 saturated heterocycles. The molecule has 10 heteroatoms. The van der Waals surface area contributed by atoms with E-state index in [2.05, 4.69) is 25.4 Å². The largest absolute Gasteiger partial charge is 0.370 e. The smallest absolute Gasteiger partial charge is 0.295 e. The minimum Gasteiger partial charge on any atom is -0.370 e. The maximum absolute atomic E-state index is 13.9. The van der Waals surface area contributed by atoms with Crippen LogP contribution < -0.4 is 5.32 Å². The fourth-order valence-electron chi connectivity index (χ4n) is 4.00. The number of thiophene rings is 1. The van der Waals surface area contributed by atoms with Gasteiger partial charge >= 0.3 is 0 Å². The normalized spacial score (nSPS) is 15.7. The van der Waals surface area contributed by atoms with Crippen LogP contribution in [0.25, 0.3) is 27.4 Å². The third kappa shape index (κ3) is 3.87. The molecule has 6 rings (SSSR count). The van der Waals surface area contributed by atoms with Crippen LogP contribution in [-0.4, -0.2) is 37.2 Å². The monoisotopic (exact) mass is 474 g/mol. The number of benzene rings is 2. The van der Waals surface area contributed by atoms with Gasteiger partial charge in [0.25, 0.3) is 5.91 Å². The lowest BCUT2D eigenvalue weighted by atomic mass is 10.2. The zero-order chi connectivity index (χ0) is 23.1. The van der Waals surface area contributed by atoms with E-state index >= 15 is 0 Å². The van der Waals surface area contributed by atoms with Crippen molar-refractivity contribution >= 4 is 34.0 Å². The number of hydrogen-bond donors (Lipinski definition) is 2. The Hall–Kier alpha value is -3.89. The van der Waals surface area contributed by atoms with Crippen LogP contribution in [0.4, 0.5) is 10.1 Å². The van der Waals surface area contributed by atoms with Crippen molar-refractivity contribution in [2.75, 3.05) is 11.9 Å². The number of H-pyrrole nitrogens is 1. The third-order valence-corrected chi connectivity index (χ3v) is 6.46. The number of nitrogens with one attached hydrogen (secondary N) is 2. The lowest BCUT2D eigenvalue weighted by molar-refractivity contribution is 0.101. The molecule has 5 aromatic rings. The highest BCUT2D eigenvalue weighted by Gasteiger charge is 2.22. The molecule has 1 unspecified atom stereocenters. The molecule has 170 valence electrons. The first-order valence-electron chi connectivity index (χ1n) is 10.8. The molecular formula is C24H19FN6O2S. The Bertz CT molecular complexity index is 1490. The number of aromatic amines is 1. The summed E-state index contributed by atoms with van der Waals surface area (Å²) in [7, 11) is 0. The maximum Gasteiger partial charge on any atom is 0.295 e. The molecule has 2 N–H and O–H groups in total. The van der Waals surface area contributed by atoms with Crippen molar-refractivity contribution in [1.82, 2.24) is 24.7 Å². The van der Waals surface area contributed by atoms with Gasteiger partial charge in [0.05, 0.1) is 21.6 Å². The summed E-state index contributed by atoms with van der Waals surface area (Å²) < 4.78 is 21.0. The number of carbonyl (C=O) groups is 1. The molecule has 8 nitrogen and oxygen atoms in total. The van der Waals surface area contributed by atoms with Gasteiger partial charge in [0.1, 0.15) is 17.7 Å². The van der Waals surface area contributed by atoms with Crippen molar-refractivity contribution in [3.8, 4) is 16.4 Å². The van der Waals surface area contributed by atoms with E-state index in [4.69, 9.17) is 4.74 Å². The molecule has 0 radical (unpaired) electrons. The van der Waals surface area contributed by atoms with Crippen molar-refractivity contribution in [2.45, 2.75) is 18.9 Å². The predicted molar refractivity (Wildman–Crippen MR) is 127 cm³/mol. The first kappa shape index (κ1) is 20.7. The van der Waals surface area contributed by atoms with E-state index in [9.17, 15) is 9.18 Å². The molecule has 0 saturated carbocycles. The topological polar surface area (TPSA) is 97.7 Å². The van der Waals surface area contributed by atoms with Crippen LogP contribution in [-0.2, 0) is 4.74 Å². The van der Waals surface area contributed by atoms with Gasteiger partial charge < -0.3 is 15.0 Å². The molecule has 0 bridgehead atoms. The first-order chi connectivity index (χ1) is 16.6. The van der Waals surface area contributed by atoms with Crippen LogP contribution in [0, 0.1) is 5.82 Å². The fourth-order valence-corrected chi connectivity index (χ4v) is 4.70. The number of ether oxygens (including phenoxy) is 1. The molecule has 1 amide bonds. The number of aromatic nitrogens is 5. The standard InChI is InChI=1S/C24H19FN6O2S/c25-14-4-1-5-16(12-14)31-23(20-7-3-11-34-20)29-22(30-31)24(32)26-15-8-9-17-18(13-15)28-21(27-17)19-6-2-10-33-19/h1,3-5,7-9,11-13,19H,2,6,10H2,(H,26,32)(H,27,28). The number of nitrogens with zero attached hydrogens (tertiary/aromatic N) is 4. The molecule has 3 aromatic heterocycles. The minimum atomic E-state index is -0.467. The summed E-state index contributed by atoms with van der Waals surface area (Å²) in [6, 6.07) is 15.2. The SMILES string of the molecule is O=C(Nc1ccc2nc(C3CCCO3)[nH]c2c1)c1nc(-c2cccs2)n(-c2cccc(F)c2)n1. The van der Waals surface area contributed by atoms with E-state index in [0.29, 0.717) is 17.2 Å². The zero-order valence-corrected chi connectivity index (χ0v) is 18.7. The number of hydrogen-bond acceptors (Lipinski definition) is 6. The fraction of sp³-hybridized carbons (Fsp3) is 0.167. The predicted octanol–water partition coefficient (Wildman–Crippen LogP) is 5.12. The second kappa shape index (κ2) is 8.47. The molecule has 1 fully saturated rings. The van der Waals surface area contributed by atoms with Crippen LogP contribution >= 0.6 is 11.3 Å². The number of fused-ring (bicyclic) bond motifs is 1. The maximum atomic E-state index is 13.9. The summed E-state index contributed by atoms with van der Waals surface area (Å²) in [6.45, 7) is 0.742. The van der Waals surface area contributed by atoms with Gasteiger partial charge in [0.2, 0.25) is 5.82 Å². The van der Waals surface area contributed by atoms with E-state index in [-0.39, 0.29) is 11.9 Å².